The highest BCUT2D eigenvalue weighted by Crippen LogP contribution is 2.43. The lowest BCUT2D eigenvalue weighted by atomic mass is 9.86. The maximum atomic E-state index is 12.7. The summed E-state index contributed by atoms with van der Waals surface area (Å²) in [5, 5.41) is 17.2. The Morgan fingerprint density at radius 2 is 2.12 bits per heavy atom. The van der Waals surface area contributed by atoms with Gasteiger partial charge in [-0.3, -0.25) is 9.48 Å². The predicted molar refractivity (Wildman–Crippen MR) is 92.7 cm³/mol. The van der Waals surface area contributed by atoms with Gasteiger partial charge in [0.15, 0.2) is 5.60 Å². The summed E-state index contributed by atoms with van der Waals surface area (Å²) in [5.74, 6) is 0.912. The first kappa shape index (κ1) is 17.3. The molecule has 25 heavy (non-hydrogen) atoms. The predicted octanol–water partition coefficient (Wildman–Crippen LogP) is 1.81. The van der Waals surface area contributed by atoms with Crippen LogP contribution in [0.15, 0.2) is 12.7 Å². The fraction of sp³-hybridized carbons (Fsp3) is 0.500. The van der Waals surface area contributed by atoms with Crippen LogP contribution in [0.5, 0.6) is 11.5 Å². The molecule has 2 heterocycles. The second-order valence-corrected chi connectivity index (χ2v) is 6.78. The number of aromatic hydroxyl groups is 1. The fourth-order valence-corrected chi connectivity index (χ4v) is 3.23. The first-order chi connectivity index (χ1) is 11.8. The Labute approximate surface area is 147 Å². The molecule has 0 radical (unpaired) electrons. The molecule has 1 atom stereocenters. The standard InChI is InChI=1S/C18H24N4O3/c1-11-12(2)16-14(13(3)15(11)23)5-6-18(4,25-16)17(24)20-7-8-22-10-19-9-21-22/h9-10,23H,5-8H2,1-4H3,(H,20,24)/t18-/m1/s1. The number of nitrogens with one attached hydrogen (secondary N) is 1. The average Bonchev–Trinajstić information content (AvgIpc) is 3.11. The van der Waals surface area contributed by atoms with E-state index < -0.39 is 5.60 Å². The van der Waals surface area contributed by atoms with Crippen molar-refractivity contribution in [2.45, 2.75) is 52.7 Å². The number of benzene rings is 1. The highest BCUT2D eigenvalue weighted by Gasteiger charge is 2.40. The molecule has 0 spiro atoms. The van der Waals surface area contributed by atoms with Crippen molar-refractivity contribution in [2.24, 2.45) is 0 Å². The molecule has 0 fully saturated rings. The molecule has 0 aliphatic carbocycles. The number of fused-ring (bicyclic) bond motifs is 1. The summed E-state index contributed by atoms with van der Waals surface area (Å²) < 4.78 is 7.82. The van der Waals surface area contributed by atoms with Crippen LogP contribution in [0.1, 0.15) is 35.6 Å². The van der Waals surface area contributed by atoms with Gasteiger partial charge in [0.1, 0.15) is 24.2 Å². The van der Waals surface area contributed by atoms with Gasteiger partial charge in [-0.1, -0.05) is 0 Å². The van der Waals surface area contributed by atoms with E-state index in [9.17, 15) is 9.90 Å². The number of hydrogen-bond donors (Lipinski definition) is 2. The number of hydrogen-bond acceptors (Lipinski definition) is 5. The van der Waals surface area contributed by atoms with Crippen molar-refractivity contribution in [3.05, 3.63) is 34.9 Å². The number of carbonyl (C=O) groups is 1. The molecule has 1 aliphatic heterocycles. The number of aromatic nitrogens is 3. The van der Waals surface area contributed by atoms with Crippen molar-refractivity contribution in [3.8, 4) is 11.5 Å². The summed E-state index contributed by atoms with van der Waals surface area (Å²) in [4.78, 5) is 16.6. The second kappa shape index (κ2) is 6.38. The molecule has 1 aliphatic rings. The molecule has 0 saturated carbocycles. The third kappa shape index (κ3) is 3.06. The summed E-state index contributed by atoms with van der Waals surface area (Å²) in [5.41, 5.74) is 2.60. The lowest BCUT2D eigenvalue weighted by Gasteiger charge is -2.36. The van der Waals surface area contributed by atoms with Gasteiger partial charge in [-0.2, -0.15) is 5.10 Å². The minimum absolute atomic E-state index is 0.138. The summed E-state index contributed by atoms with van der Waals surface area (Å²) in [6.07, 6.45) is 4.34. The molecule has 0 bridgehead atoms. The zero-order valence-electron chi connectivity index (χ0n) is 15.1. The van der Waals surface area contributed by atoms with E-state index in [0.29, 0.717) is 31.7 Å². The minimum atomic E-state index is -0.921. The number of amides is 1. The van der Waals surface area contributed by atoms with E-state index in [1.54, 1.807) is 11.0 Å². The van der Waals surface area contributed by atoms with Gasteiger partial charge >= 0.3 is 0 Å². The monoisotopic (exact) mass is 344 g/mol. The number of ether oxygens (including phenoxy) is 1. The van der Waals surface area contributed by atoms with Gasteiger partial charge in [-0.15, -0.1) is 0 Å². The zero-order chi connectivity index (χ0) is 18.2. The molecule has 0 saturated heterocycles. The lowest BCUT2D eigenvalue weighted by Crippen LogP contribution is -2.51. The van der Waals surface area contributed by atoms with Crippen LogP contribution in [0, 0.1) is 20.8 Å². The lowest BCUT2D eigenvalue weighted by molar-refractivity contribution is -0.136. The molecule has 0 unspecified atom stereocenters. The van der Waals surface area contributed by atoms with Crippen molar-refractivity contribution < 1.29 is 14.6 Å². The van der Waals surface area contributed by atoms with Gasteiger partial charge in [0.25, 0.3) is 5.91 Å². The van der Waals surface area contributed by atoms with Crippen LogP contribution >= 0.6 is 0 Å². The average molecular weight is 344 g/mol. The van der Waals surface area contributed by atoms with E-state index >= 15 is 0 Å². The van der Waals surface area contributed by atoms with E-state index in [1.807, 2.05) is 27.7 Å². The van der Waals surface area contributed by atoms with Gasteiger partial charge < -0.3 is 15.2 Å². The zero-order valence-corrected chi connectivity index (χ0v) is 15.1. The Morgan fingerprint density at radius 1 is 1.36 bits per heavy atom. The maximum absolute atomic E-state index is 12.7. The second-order valence-electron chi connectivity index (χ2n) is 6.78. The molecule has 134 valence electrons. The fourth-order valence-electron chi connectivity index (χ4n) is 3.23. The first-order valence-electron chi connectivity index (χ1n) is 8.45. The minimum Gasteiger partial charge on any atom is -0.507 e. The van der Waals surface area contributed by atoms with E-state index in [2.05, 4.69) is 15.4 Å². The van der Waals surface area contributed by atoms with Crippen LogP contribution in [0.3, 0.4) is 0 Å². The molecule has 2 N–H and O–H groups in total. The van der Waals surface area contributed by atoms with Crippen LogP contribution < -0.4 is 10.1 Å². The number of phenols is 1. The van der Waals surface area contributed by atoms with Crippen LogP contribution in [0.2, 0.25) is 0 Å². The van der Waals surface area contributed by atoms with Crippen molar-refractivity contribution in [1.82, 2.24) is 20.1 Å². The number of carbonyl (C=O) groups excluding carboxylic acids is 1. The van der Waals surface area contributed by atoms with Gasteiger partial charge in [0.05, 0.1) is 6.54 Å². The van der Waals surface area contributed by atoms with Crippen molar-refractivity contribution in [3.63, 3.8) is 0 Å². The van der Waals surface area contributed by atoms with Crippen molar-refractivity contribution in [1.29, 1.82) is 0 Å². The van der Waals surface area contributed by atoms with E-state index in [0.717, 1.165) is 28.0 Å². The number of rotatable bonds is 4. The normalized spacial score (nSPS) is 19.2. The summed E-state index contributed by atoms with van der Waals surface area (Å²) in [6.45, 7) is 8.51. The third-order valence-corrected chi connectivity index (χ3v) is 5.09. The Balaban J connectivity index is 1.75. The van der Waals surface area contributed by atoms with E-state index in [-0.39, 0.29) is 5.91 Å². The molecule has 7 heteroatoms. The molecule has 7 nitrogen and oxygen atoms in total. The molecule has 1 aromatic heterocycles. The highest BCUT2D eigenvalue weighted by molar-refractivity contribution is 5.85. The Kier molecular flexibility index (Phi) is 4.41. The van der Waals surface area contributed by atoms with Gasteiger partial charge in [-0.25, -0.2) is 4.98 Å². The molecule has 1 aromatic carbocycles. The van der Waals surface area contributed by atoms with Crippen LogP contribution in [0.4, 0.5) is 0 Å². The first-order valence-corrected chi connectivity index (χ1v) is 8.45. The van der Waals surface area contributed by atoms with Gasteiger partial charge in [-0.05, 0) is 50.8 Å². The molecular formula is C18H24N4O3. The van der Waals surface area contributed by atoms with Crippen molar-refractivity contribution >= 4 is 5.91 Å². The van der Waals surface area contributed by atoms with Gasteiger partial charge in [0, 0.05) is 18.5 Å². The Morgan fingerprint density at radius 3 is 2.80 bits per heavy atom. The van der Waals surface area contributed by atoms with Crippen LogP contribution in [0.25, 0.3) is 0 Å². The van der Waals surface area contributed by atoms with Crippen LogP contribution in [-0.4, -0.2) is 37.9 Å². The topological polar surface area (TPSA) is 89.3 Å². The van der Waals surface area contributed by atoms with E-state index in [4.69, 9.17) is 4.74 Å². The Hall–Kier alpha value is -2.57. The van der Waals surface area contributed by atoms with Crippen molar-refractivity contribution in [2.75, 3.05) is 6.54 Å². The summed E-state index contributed by atoms with van der Waals surface area (Å²) >= 11 is 0. The largest absolute Gasteiger partial charge is 0.507 e. The quantitative estimate of drug-likeness (QED) is 0.883. The molecular weight excluding hydrogens is 320 g/mol. The maximum Gasteiger partial charge on any atom is 0.263 e. The van der Waals surface area contributed by atoms with Crippen LogP contribution in [-0.2, 0) is 17.8 Å². The summed E-state index contributed by atoms with van der Waals surface area (Å²) in [6, 6.07) is 0. The highest BCUT2D eigenvalue weighted by atomic mass is 16.5. The number of phenolic OH excluding ortho intramolecular Hbond substituents is 1. The SMILES string of the molecule is Cc1c(C)c2c(c(C)c1O)CC[C@](C)(C(=O)NCCn1cncn1)O2. The number of nitrogens with zero attached hydrogens (tertiary/aromatic N) is 3. The Bertz CT molecular complexity index is 801. The summed E-state index contributed by atoms with van der Waals surface area (Å²) in [7, 11) is 0. The molecule has 2 aromatic rings. The molecule has 1 amide bonds. The van der Waals surface area contributed by atoms with E-state index in [1.165, 1.54) is 6.33 Å². The van der Waals surface area contributed by atoms with Gasteiger partial charge in [0.2, 0.25) is 0 Å². The third-order valence-electron chi connectivity index (χ3n) is 5.09. The smallest absolute Gasteiger partial charge is 0.263 e. The molecule has 3 rings (SSSR count).